The fourth-order valence-electron chi connectivity index (χ4n) is 1.33. The third-order valence-corrected chi connectivity index (χ3v) is 2.25. The van der Waals surface area contributed by atoms with E-state index in [0.29, 0.717) is 19.7 Å². The predicted octanol–water partition coefficient (Wildman–Crippen LogP) is 0.0174. The van der Waals surface area contributed by atoms with Crippen molar-refractivity contribution in [3.8, 4) is 0 Å². The normalized spacial score (nSPS) is 13.1. The lowest BCUT2D eigenvalue weighted by Crippen LogP contribution is -2.46. The van der Waals surface area contributed by atoms with E-state index in [1.54, 1.807) is 7.11 Å². The molecule has 0 aromatic rings. The van der Waals surface area contributed by atoms with Gasteiger partial charge in [0.2, 0.25) is 0 Å². The van der Waals surface area contributed by atoms with Gasteiger partial charge in [0, 0.05) is 20.2 Å². The Morgan fingerprint density at radius 2 is 2.20 bits per heavy atom. The van der Waals surface area contributed by atoms with Crippen LogP contribution in [0.4, 0.5) is 0 Å². The molecule has 0 bridgehead atoms. The lowest BCUT2D eigenvalue weighted by atomic mass is 10.2. The molecular weight excluding hydrogens is 196 g/mol. The number of nitrogens with one attached hydrogen (secondary N) is 1. The molecule has 0 aliphatic carbocycles. The van der Waals surface area contributed by atoms with Gasteiger partial charge in [0.05, 0.1) is 6.61 Å². The van der Waals surface area contributed by atoms with Gasteiger partial charge in [0.1, 0.15) is 6.04 Å². The number of nitrogens with zero attached hydrogens (tertiary/aromatic N) is 1. The molecule has 0 spiro atoms. The first-order valence-corrected chi connectivity index (χ1v) is 5.33. The van der Waals surface area contributed by atoms with Gasteiger partial charge < -0.3 is 15.2 Å². The molecule has 0 aromatic carbocycles. The van der Waals surface area contributed by atoms with E-state index in [2.05, 4.69) is 10.2 Å². The van der Waals surface area contributed by atoms with Gasteiger partial charge in [-0.3, -0.25) is 9.69 Å². The smallest absolute Gasteiger partial charge is 0.322 e. The topological polar surface area (TPSA) is 61.8 Å². The Labute approximate surface area is 91.4 Å². The summed E-state index contributed by atoms with van der Waals surface area (Å²) in [5.41, 5.74) is 0. The Bertz CT molecular complexity index is 176. The molecule has 1 atom stereocenters. The third-order valence-electron chi connectivity index (χ3n) is 2.25. The van der Waals surface area contributed by atoms with Crippen molar-refractivity contribution in [1.29, 1.82) is 0 Å². The number of hydrogen-bond acceptors (Lipinski definition) is 4. The number of methoxy groups -OCH3 is 1. The van der Waals surface area contributed by atoms with Gasteiger partial charge >= 0.3 is 5.97 Å². The van der Waals surface area contributed by atoms with Crippen LogP contribution in [0, 0.1) is 0 Å². The molecule has 0 saturated carbocycles. The minimum absolute atomic E-state index is 0.494. The molecule has 0 radical (unpaired) electrons. The van der Waals surface area contributed by atoms with Gasteiger partial charge in [-0.15, -0.1) is 0 Å². The van der Waals surface area contributed by atoms with Crippen molar-refractivity contribution in [2.24, 2.45) is 0 Å². The second-order valence-electron chi connectivity index (χ2n) is 3.33. The highest BCUT2D eigenvalue weighted by atomic mass is 16.5. The van der Waals surface area contributed by atoms with Crippen LogP contribution in [0.3, 0.4) is 0 Å². The molecule has 0 rings (SSSR count). The maximum Gasteiger partial charge on any atom is 0.322 e. The lowest BCUT2D eigenvalue weighted by Gasteiger charge is -2.24. The summed E-state index contributed by atoms with van der Waals surface area (Å²) in [5.74, 6) is -0.798. The zero-order valence-corrected chi connectivity index (χ0v) is 9.82. The monoisotopic (exact) mass is 218 g/mol. The van der Waals surface area contributed by atoms with E-state index in [9.17, 15) is 4.79 Å². The van der Waals surface area contributed by atoms with E-state index in [0.717, 1.165) is 13.1 Å². The fourth-order valence-corrected chi connectivity index (χ4v) is 1.33. The zero-order chi connectivity index (χ0) is 11.7. The molecule has 5 heteroatoms. The van der Waals surface area contributed by atoms with Crippen LogP contribution in [-0.4, -0.2) is 61.9 Å². The van der Waals surface area contributed by atoms with Gasteiger partial charge in [-0.25, -0.2) is 0 Å². The highest BCUT2D eigenvalue weighted by Crippen LogP contribution is 1.93. The Kier molecular flexibility index (Phi) is 8.27. The molecule has 15 heavy (non-hydrogen) atoms. The summed E-state index contributed by atoms with van der Waals surface area (Å²) in [6.45, 7) is 7.33. The van der Waals surface area contributed by atoms with Crippen molar-refractivity contribution in [3.05, 3.63) is 0 Å². The van der Waals surface area contributed by atoms with Crippen LogP contribution in [0.1, 0.15) is 13.8 Å². The molecule has 1 unspecified atom stereocenters. The molecule has 90 valence electrons. The van der Waals surface area contributed by atoms with E-state index >= 15 is 0 Å². The molecule has 0 aromatic heterocycles. The first-order valence-electron chi connectivity index (χ1n) is 5.33. The predicted molar refractivity (Wildman–Crippen MR) is 59.1 cm³/mol. The SMILES string of the molecule is CCNC(CN(CC)CCOC)C(=O)O. The van der Waals surface area contributed by atoms with Gasteiger partial charge in [-0.1, -0.05) is 13.8 Å². The van der Waals surface area contributed by atoms with Crippen LogP contribution < -0.4 is 5.32 Å². The number of likely N-dealkylation sites (N-methyl/N-ethyl adjacent to an activating group) is 2. The highest BCUT2D eigenvalue weighted by Gasteiger charge is 2.18. The average molecular weight is 218 g/mol. The molecule has 2 N–H and O–H groups in total. The van der Waals surface area contributed by atoms with Crippen molar-refractivity contribution >= 4 is 5.97 Å². The van der Waals surface area contributed by atoms with Crippen LogP contribution in [0.5, 0.6) is 0 Å². The molecular formula is C10H22N2O3. The molecule has 0 heterocycles. The molecule has 5 nitrogen and oxygen atoms in total. The van der Waals surface area contributed by atoms with Gasteiger partial charge in [-0.05, 0) is 13.1 Å². The highest BCUT2D eigenvalue weighted by molar-refractivity contribution is 5.73. The molecule has 0 fully saturated rings. The Hall–Kier alpha value is -0.650. The fraction of sp³-hybridized carbons (Fsp3) is 0.900. The number of rotatable bonds is 9. The average Bonchev–Trinajstić information content (AvgIpc) is 2.22. The van der Waals surface area contributed by atoms with Crippen molar-refractivity contribution < 1.29 is 14.6 Å². The van der Waals surface area contributed by atoms with Gasteiger partial charge in [-0.2, -0.15) is 0 Å². The van der Waals surface area contributed by atoms with Crippen molar-refractivity contribution in [2.45, 2.75) is 19.9 Å². The summed E-state index contributed by atoms with van der Waals surface area (Å²) in [5, 5.41) is 11.9. The van der Waals surface area contributed by atoms with Crippen LogP contribution in [0.15, 0.2) is 0 Å². The van der Waals surface area contributed by atoms with E-state index in [1.165, 1.54) is 0 Å². The number of carbonyl (C=O) groups is 1. The number of ether oxygens (including phenoxy) is 1. The third kappa shape index (κ3) is 6.43. The maximum absolute atomic E-state index is 10.9. The lowest BCUT2D eigenvalue weighted by molar-refractivity contribution is -0.140. The first-order chi connectivity index (χ1) is 7.15. The van der Waals surface area contributed by atoms with Crippen LogP contribution in [0.25, 0.3) is 0 Å². The summed E-state index contributed by atoms with van der Waals surface area (Å²) in [6.07, 6.45) is 0. The first kappa shape index (κ1) is 14.3. The number of aliphatic carboxylic acids is 1. The van der Waals surface area contributed by atoms with Crippen molar-refractivity contribution in [2.75, 3.05) is 39.9 Å². The number of carboxylic acid groups (broad SMARTS) is 1. The van der Waals surface area contributed by atoms with Crippen molar-refractivity contribution in [3.63, 3.8) is 0 Å². The minimum Gasteiger partial charge on any atom is -0.480 e. The van der Waals surface area contributed by atoms with Crippen LogP contribution in [0.2, 0.25) is 0 Å². The van der Waals surface area contributed by atoms with Crippen LogP contribution >= 0.6 is 0 Å². The van der Waals surface area contributed by atoms with Gasteiger partial charge in [0.25, 0.3) is 0 Å². The van der Waals surface area contributed by atoms with Crippen LogP contribution in [-0.2, 0) is 9.53 Å². The summed E-state index contributed by atoms with van der Waals surface area (Å²) in [7, 11) is 1.65. The quantitative estimate of drug-likeness (QED) is 0.571. The Balaban J connectivity index is 4.03. The maximum atomic E-state index is 10.9. The van der Waals surface area contributed by atoms with E-state index in [4.69, 9.17) is 9.84 Å². The summed E-state index contributed by atoms with van der Waals surface area (Å²) < 4.78 is 4.97. The summed E-state index contributed by atoms with van der Waals surface area (Å²) in [4.78, 5) is 13.0. The number of hydrogen-bond donors (Lipinski definition) is 2. The largest absolute Gasteiger partial charge is 0.480 e. The Morgan fingerprint density at radius 3 is 2.60 bits per heavy atom. The zero-order valence-electron chi connectivity index (χ0n) is 9.82. The second kappa shape index (κ2) is 8.64. The van der Waals surface area contributed by atoms with Crippen molar-refractivity contribution in [1.82, 2.24) is 10.2 Å². The standard InChI is InChI=1S/C10H22N2O3/c1-4-11-9(10(13)14)8-12(5-2)6-7-15-3/h9,11H,4-8H2,1-3H3,(H,13,14). The Morgan fingerprint density at radius 1 is 1.53 bits per heavy atom. The van der Waals surface area contributed by atoms with E-state index in [1.807, 2.05) is 13.8 Å². The molecule has 0 amide bonds. The second-order valence-corrected chi connectivity index (χ2v) is 3.33. The minimum atomic E-state index is -0.798. The summed E-state index contributed by atoms with van der Waals surface area (Å²) in [6, 6.07) is -0.494. The van der Waals surface area contributed by atoms with E-state index in [-0.39, 0.29) is 0 Å². The molecule has 0 aliphatic rings. The molecule has 0 saturated heterocycles. The number of carboxylic acids is 1. The van der Waals surface area contributed by atoms with E-state index < -0.39 is 12.0 Å². The summed E-state index contributed by atoms with van der Waals surface area (Å²) >= 11 is 0. The van der Waals surface area contributed by atoms with Gasteiger partial charge in [0.15, 0.2) is 0 Å². The molecule has 0 aliphatic heterocycles.